The summed E-state index contributed by atoms with van der Waals surface area (Å²) in [6, 6.07) is 2.43. The van der Waals surface area contributed by atoms with Crippen molar-refractivity contribution in [2.24, 2.45) is 0 Å². The standard InChI is InChI=1S/C8H13IN2O/c1-7(4-6-12-2)11-5-3-8(9)10-11/h3,5,7H,4,6H2,1-2H3. The number of rotatable bonds is 4. The maximum absolute atomic E-state index is 5.00. The number of nitrogens with zero attached hydrogens (tertiary/aromatic N) is 2. The van der Waals surface area contributed by atoms with Crippen molar-refractivity contribution in [3.05, 3.63) is 16.0 Å². The molecule has 0 aliphatic carbocycles. The predicted octanol–water partition coefficient (Wildman–Crippen LogP) is 2.09. The van der Waals surface area contributed by atoms with Gasteiger partial charge in [-0.25, -0.2) is 0 Å². The largest absolute Gasteiger partial charge is 0.385 e. The molecule has 0 aliphatic rings. The van der Waals surface area contributed by atoms with Gasteiger partial charge < -0.3 is 4.74 Å². The van der Waals surface area contributed by atoms with Crippen LogP contribution in [0.1, 0.15) is 19.4 Å². The number of methoxy groups -OCH3 is 1. The van der Waals surface area contributed by atoms with Gasteiger partial charge >= 0.3 is 0 Å². The lowest BCUT2D eigenvalue weighted by atomic mass is 10.2. The van der Waals surface area contributed by atoms with Crippen LogP contribution in [0.2, 0.25) is 0 Å². The number of halogens is 1. The van der Waals surface area contributed by atoms with Crippen molar-refractivity contribution in [3.63, 3.8) is 0 Å². The van der Waals surface area contributed by atoms with Crippen molar-refractivity contribution in [3.8, 4) is 0 Å². The first-order valence-corrected chi connectivity index (χ1v) is 5.01. The molecule has 1 rings (SSSR count). The summed E-state index contributed by atoms with van der Waals surface area (Å²) in [4.78, 5) is 0. The molecule has 0 spiro atoms. The lowest BCUT2D eigenvalue weighted by molar-refractivity contribution is 0.178. The van der Waals surface area contributed by atoms with Crippen LogP contribution in [0.15, 0.2) is 12.3 Å². The molecule has 0 N–H and O–H groups in total. The van der Waals surface area contributed by atoms with E-state index in [4.69, 9.17) is 4.74 Å². The molecule has 0 fully saturated rings. The second-order valence-electron chi connectivity index (χ2n) is 2.75. The van der Waals surface area contributed by atoms with Crippen LogP contribution in [0, 0.1) is 3.70 Å². The Balaban J connectivity index is 2.47. The van der Waals surface area contributed by atoms with Crippen LogP contribution < -0.4 is 0 Å². The van der Waals surface area contributed by atoms with Gasteiger partial charge in [-0.2, -0.15) is 5.10 Å². The molecule has 3 nitrogen and oxygen atoms in total. The normalized spacial score (nSPS) is 13.2. The molecule has 1 unspecified atom stereocenters. The van der Waals surface area contributed by atoms with E-state index in [0.717, 1.165) is 16.7 Å². The Morgan fingerprint density at radius 2 is 2.50 bits per heavy atom. The Morgan fingerprint density at radius 3 is 3.00 bits per heavy atom. The second kappa shape index (κ2) is 4.81. The fourth-order valence-corrected chi connectivity index (χ4v) is 1.39. The molecule has 1 heterocycles. The summed E-state index contributed by atoms with van der Waals surface area (Å²) >= 11 is 2.21. The molecule has 1 aromatic rings. The van der Waals surface area contributed by atoms with Crippen molar-refractivity contribution in [2.75, 3.05) is 13.7 Å². The summed E-state index contributed by atoms with van der Waals surface area (Å²) in [5.41, 5.74) is 0. The predicted molar refractivity (Wildman–Crippen MR) is 56.1 cm³/mol. The summed E-state index contributed by atoms with van der Waals surface area (Å²) in [5.74, 6) is 0. The molecule has 4 heteroatoms. The quantitative estimate of drug-likeness (QED) is 0.790. The molecule has 1 aromatic heterocycles. The van der Waals surface area contributed by atoms with Crippen molar-refractivity contribution >= 4 is 22.6 Å². The molecule has 0 amide bonds. The average Bonchev–Trinajstić information content (AvgIpc) is 2.47. The third-order valence-electron chi connectivity index (χ3n) is 1.77. The van der Waals surface area contributed by atoms with Gasteiger partial charge in [-0.15, -0.1) is 0 Å². The minimum Gasteiger partial charge on any atom is -0.385 e. The lowest BCUT2D eigenvalue weighted by Crippen LogP contribution is -2.08. The van der Waals surface area contributed by atoms with E-state index in [1.54, 1.807) is 7.11 Å². The monoisotopic (exact) mass is 280 g/mol. The minimum absolute atomic E-state index is 0.425. The summed E-state index contributed by atoms with van der Waals surface area (Å²) in [6.07, 6.45) is 3.01. The van der Waals surface area contributed by atoms with Crippen LogP contribution in [0.25, 0.3) is 0 Å². The van der Waals surface area contributed by atoms with E-state index >= 15 is 0 Å². The summed E-state index contributed by atoms with van der Waals surface area (Å²) in [6.45, 7) is 2.93. The molecular weight excluding hydrogens is 267 g/mol. The maximum atomic E-state index is 5.00. The van der Waals surface area contributed by atoms with Crippen LogP contribution in [-0.4, -0.2) is 23.5 Å². The van der Waals surface area contributed by atoms with Crippen molar-refractivity contribution in [1.29, 1.82) is 0 Å². The fourth-order valence-electron chi connectivity index (χ4n) is 0.981. The first kappa shape index (κ1) is 9.98. The van der Waals surface area contributed by atoms with Crippen molar-refractivity contribution < 1.29 is 4.74 Å². The van der Waals surface area contributed by atoms with Gasteiger partial charge in [0.1, 0.15) is 3.70 Å². The van der Waals surface area contributed by atoms with Crippen LogP contribution in [0.4, 0.5) is 0 Å². The lowest BCUT2D eigenvalue weighted by Gasteiger charge is -2.10. The highest BCUT2D eigenvalue weighted by molar-refractivity contribution is 14.1. The summed E-state index contributed by atoms with van der Waals surface area (Å²) < 4.78 is 8.01. The molecule has 0 saturated heterocycles. The highest BCUT2D eigenvalue weighted by Crippen LogP contribution is 2.10. The fraction of sp³-hybridized carbons (Fsp3) is 0.625. The Kier molecular flexibility index (Phi) is 4.00. The first-order valence-electron chi connectivity index (χ1n) is 3.93. The second-order valence-corrected chi connectivity index (χ2v) is 3.85. The SMILES string of the molecule is COCCC(C)n1ccc(I)n1. The topological polar surface area (TPSA) is 27.1 Å². The van der Waals surface area contributed by atoms with Crippen molar-refractivity contribution in [1.82, 2.24) is 9.78 Å². The molecule has 0 aromatic carbocycles. The van der Waals surface area contributed by atoms with Crippen LogP contribution in [0.3, 0.4) is 0 Å². The molecule has 0 saturated carbocycles. The average molecular weight is 280 g/mol. The van der Waals surface area contributed by atoms with Crippen molar-refractivity contribution in [2.45, 2.75) is 19.4 Å². The number of hydrogen-bond acceptors (Lipinski definition) is 2. The van der Waals surface area contributed by atoms with Crippen LogP contribution in [-0.2, 0) is 4.74 Å². The van der Waals surface area contributed by atoms with E-state index in [1.165, 1.54) is 0 Å². The van der Waals surface area contributed by atoms with Gasteiger partial charge in [0.25, 0.3) is 0 Å². The van der Waals surface area contributed by atoms with Crippen LogP contribution in [0.5, 0.6) is 0 Å². The van der Waals surface area contributed by atoms with Gasteiger partial charge in [0, 0.05) is 19.9 Å². The Bertz CT molecular complexity index is 237. The van der Waals surface area contributed by atoms with E-state index in [-0.39, 0.29) is 0 Å². The van der Waals surface area contributed by atoms with Gasteiger partial charge in [0.05, 0.1) is 6.04 Å². The zero-order valence-electron chi connectivity index (χ0n) is 7.33. The van der Waals surface area contributed by atoms with Gasteiger partial charge in [-0.1, -0.05) is 0 Å². The highest BCUT2D eigenvalue weighted by Gasteiger charge is 2.04. The molecule has 0 radical (unpaired) electrons. The number of aromatic nitrogens is 2. The van der Waals surface area contributed by atoms with E-state index in [1.807, 2.05) is 16.9 Å². The van der Waals surface area contributed by atoms with E-state index < -0.39 is 0 Å². The molecule has 68 valence electrons. The molecular formula is C8H13IN2O. The van der Waals surface area contributed by atoms with Gasteiger partial charge in [-0.05, 0) is 42.0 Å². The zero-order valence-corrected chi connectivity index (χ0v) is 9.48. The smallest absolute Gasteiger partial charge is 0.123 e. The van der Waals surface area contributed by atoms with Gasteiger partial charge in [0.15, 0.2) is 0 Å². The van der Waals surface area contributed by atoms with E-state index in [9.17, 15) is 0 Å². The Labute approximate surface area is 86.2 Å². The van der Waals surface area contributed by atoms with E-state index in [2.05, 4.69) is 34.6 Å². The molecule has 0 aliphatic heterocycles. The third-order valence-corrected chi connectivity index (χ3v) is 2.34. The minimum atomic E-state index is 0.425. The van der Waals surface area contributed by atoms with Gasteiger partial charge in [-0.3, -0.25) is 4.68 Å². The van der Waals surface area contributed by atoms with E-state index in [0.29, 0.717) is 6.04 Å². The summed E-state index contributed by atoms with van der Waals surface area (Å²) in [7, 11) is 1.72. The summed E-state index contributed by atoms with van der Waals surface area (Å²) in [5, 5.41) is 4.31. The van der Waals surface area contributed by atoms with Crippen LogP contribution >= 0.6 is 22.6 Å². The zero-order chi connectivity index (χ0) is 8.97. The third kappa shape index (κ3) is 2.75. The van der Waals surface area contributed by atoms with Gasteiger partial charge in [0.2, 0.25) is 0 Å². The molecule has 0 bridgehead atoms. The number of ether oxygens (including phenoxy) is 1. The Hall–Kier alpha value is -0.100. The molecule has 1 atom stereocenters. The maximum Gasteiger partial charge on any atom is 0.123 e. The number of hydrogen-bond donors (Lipinski definition) is 0. The highest BCUT2D eigenvalue weighted by atomic mass is 127. The first-order chi connectivity index (χ1) is 5.74. The Morgan fingerprint density at radius 1 is 1.75 bits per heavy atom. The molecule has 12 heavy (non-hydrogen) atoms.